The molecule has 2 aromatic heterocycles. The van der Waals surface area contributed by atoms with Crippen LogP contribution in [-0.4, -0.2) is 60.8 Å². The molecule has 0 aliphatic carbocycles. The van der Waals surface area contributed by atoms with Crippen molar-refractivity contribution in [3.05, 3.63) is 101 Å². The highest BCUT2D eigenvalue weighted by Gasteiger charge is 2.30. The molecule has 49 heavy (non-hydrogen) atoms. The lowest BCUT2D eigenvalue weighted by molar-refractivity contribution is -0.146. The summed E-state index contributed by atoms with van der Waals surface area (Å²) in [7, 11) is -2.47. The van der Waals surface area contributed by atoms with Crippen LogP contribution in [0.3, 0.4) is 0 Å². The SMILES string of the molecule is CNC(=O)c1ccccc1Nc1nc(Nc2cccc(CC(=O)OCC(C)(C)COc3nonc3S(=O)(=O)c3ccccc3)c2)ncc1Cl. The maximum absolute atomic E-state index is 12.9. The highest BCUT2D eigenvalue weighted by molar-refractivity contribution is 7.91. The second-order valence-electron chi connectivity index (χ2n) is 11.4. The first-order valence-electron chi connectivity index (χ1n) is 14.8. The summed E-state index contributed by atoms with van der Waals surface area (Å²) in [5.74, 6) is -0.518. The van der Waals surface area contributed by atoms with Crippen molar-refractivity contribution in [2.24, 2.45) is 5.41 Å². The number of rotatable bonds is 14. The van der Waals surface area contributed by atoms with Crippen molar-refractivity contribution in [1.82, 2.24) is 25.6 Å². The lowest BCUT2D eigenvalue weighted by Gasteiger charge is -2.23. The Hall–Kier alpha value is -5.54. The average molecular weight is 706 g/mol. The number of hydrogen-bond donors (Lipinski definition) is 3. The fourth-order valence-corrected chi connectivity index (χ4v) is 5.73. The number of nitrogens with zero attached hydrogens (tertiary/aromatic N) is 4. The van der Waals surface area contributed by atoms with Gasteiger partial charge >= 0.3 is 5.97 Å². The van der Waals surface area contributed by atoms with Crippen LogP contribution in [-0.2, 0) is 25.8 Å². The Bertz CT molecular complexity index is 2060. The van der Waals surface area contributed by atoms with E-state index in [1.165, 1.54) is 18.3 Å². The number of halogens is 1. The van der Waals surface area contributed by atoms with Gasteiger partial charge in [-0.1, -0.05) is 67.9 Å². The minimum Gasteiger partial charge on any atom is -0.473 e. The van der Waals surface area contributed by atoms with E-state index in [0.717, 1.165) is 0 Å². The molecule has 0 aliphatic rings. The number of para-hydroxylation sites is 1. The van der Waals surface area contributed by atoms with Crippen molar-refractivity contribution in [3.8, 4) is 5.88 Å². The van der Waals surface area contributed by atoms with Gasteiger partial charge in [0.1, 0.15) is 5.02 Å². The molecule has 0 spiro atoms. The zero-order valence-electron chi connectivity index (χ0n) is 26.6. The Labute approximate surface area is 287 Å². The molecule has 0 aliphatic heterocycles. The van der Waals surface area contributed by atoms with Crippen molar-refractivity contribution in [2.75, 3.05) is 30.9 Å². The zero-order valence-corrected chi connectivity index (χ0v) is 28.2. The molecule has 0 radical (unpaired) electrons. The van der Waals surface area contributed by atoms with Gasteiger partial charge in [-0.3, -0.25) is 9.59 Å². The normalized spacial score (nSPS) is 11.4. The molecule has 1 amide bonds. The second kappa shape index (κ2) is 15.1. The van der Waals surface area contributed by atoms with Crippen molar-refractivity contribution < 1.29 is 32.1 Å². The topological polar surface area (TPSA) is 188 Å². The van der Waals surface area contributed by atoms with Crippen molar-refractivity contribution >= 4 is 56.5 Å². The Morgan fingerprint density at radius 2 is 1.69 bits per heavy atom. The van der Waals surface area contributed by atoms with Gasteiger partial charge in [0.2, 0.25) is 15.8 Å². The van der Waals surface area contributed by atoms with Crippen LogP contribution in [0.5, 0.6) is 5.88 Å². The summed E-state index contributed by atoms with van der Waals surface area (Å²) in [6.07, 6.45) is 1.40. The average Bonchev–Trinajstić information content (AvgIpc) is 3.59. The van der Waals surface area contributed by atoms with E-state index in [9.17, 15) is 18.0 Å². The number of sulfone groups is 1. The quantitative estimate of drug-likeness (QED) is 0.125. The highest BCUT2D eigenvalue weighted by Crippen LogP contribution is 2.29. The number of nitrogens with one attached hydrogen (secondary N) is 3. The summed E-state index contributed by atoms with van der Waals surface area (Å²) >= 11 is 6.34. The van der Waals surface area contributed by atoms with Gasteiger partial charge in [-0.25, -0.2) is 18.0 Å². The monoisotopic (exact) mass is 705 g/mol. The Morgan fingerprint density at radius 3 is 2.47 bits per heavy atom. The first-order valence-corrected chi connectivity index (χ1v) is 16.7. The number of carbonyl (C=O) groups excluding carboxylic acids is 2. The van der Waals surface area contributed by atoms with Crippen LogP contribution < -0.4 is 20.7 Å². The maximum atomic E-state index is 12.9. The molecule has 0 atom stereocenters. The van der Waals surface area contributed by atoms with Gasteiger partial charge in [0, 0.05) is 18.2 Å². The molecule has 0 saturated heterocycles. The third-order valence-electron chi connectivity index (χ3n) is 6.89. The first-order chi connectivity index (χ1) is 23.4. The van der Waals surface area contributed by atoms with E-state index < -0.39 is 26.2 Å². The van der Waals surface area contributed by atoms with E-state index in [-0.39, 0.29) is 53.1 Å². The van der Waals surface area contributed by atoms with Crippen molar-refractivity contribution in [1.29, 1.82) is 0 Å². The van der Waals surface area contributed by atoms with E-state index in [2.05, 4.69) is 40.9 Å². The third-order valence-corrected chi connectivity index (χ3v) is 8.82. The standard InChI is InChI=1S/C33H32ClN7O7S/c1-33(2,20-47-30-31(41-48-40-30)49(44,45)23-12-5-4-6-13-23)19-46-27(42)17-21-10-9-11-22(16-21)37-32-36-18-25(34)28(39-32)38-26-15-8-7-14-24(26)29(43)35-3/h4-16,18H,17,19-20H2,1-3H3,(H,35,43)(H2,36,37,38,39). The third kappa shape index (κ3) is 8.88. The summed E-state index contributed by atoms with van der Waals surface area (Å²) in [6.45, 7) is 3.51. The molecule has 0 unspecified atom stereocenters. The predicted molar refractivity (Wildman–Crippen MR) is 180 cm³/mol. The summed E-state index contributed by atoms with van der Waals surface area (Å²) in [5, 5.41) is 15.7. The Balaban J connectivity index is 1.16. The number of benzene rings is 3. The number of anilines is 4. The molecule has 0 fully saturated rings. The van der Waals surface area contributed by atoms with Crippen molar-refractivity contribution in [2.45, 2.75) is 30.2 Å². The molecule has 0 saturated carbocycles. The molecular weight excluding hydrogens is 674 g/mol. The fourth-order valence-electron chi connectivity index (χ4n) is 4.39. The van der Waals surface area contributed by atoms with E-state index in [0.29, 0.717) is 22.5 Å². The molecule has 16 heteroatoms. The summed E-state index contributed by atoms with van der Waals surface area (Å²) in [5.41, 5.74) is 1.49. The minimum absolute atomic E-state index is 0.0196. The molecule has 14 nitrogen and oxygen atoms in total. The lowest BCUT2D eigenvalue weighted by Crippen LogP contribution is -2.29. The zero-order chi connectivity index (χ0) is 35.0. The molecule has 5 rings (SSSR count). The van der Waals surface area contributed by atoms with Crippen LogP contribution >= 0.6 is 11.6 Å². The van der Waals surface area contributed by atoms with Crippen LogP contribution in [0.15, 0.2) is 99.6 Å². The minimum atomic E-state index is -4.01. The largest absolute Gasteiger partial charge is 0.473 e. The number of aromatic nitrogens is 4. The number of ether oxygens (including phenoxy) is 2. The van der Waals surface area contributed by atoms with Crippen LogP contribution in [0.2, 0.25) is 5.02 Å². The van der Waals surface area contributed by atoms with Crippen molar-refractivity contribution in [3.63, 3.8) is 0 Å². The van der Waals surface area contributed by atoms with Gasteiger partial charge in [-0.2, -0.15) is 4.98 Å². The number of hydrogen-bond acceptors (Lipinski definition) is 13. The molecule has 3 aromatic carbocycles. The smallest absolute Gasteiger partial charge is 0.310 e. The molecule has 2 heterocycles. The van der Waals surface area contributed by atoms with Gasteiger partial charge in [-0.15, -0.1) is 0 Å². The number of amides is 1. The van der Waals surface area contributed by atoms with Gasteiger partial charge in [0.05, 0.1) is 42.0 Å². The van der Waals surface area contributed by atoms with E-state index >= 15 is 0 Å². The van der Waals surface area contributed by atoms with Gasteiger partial charge < -0.3 is 25.4 Å². The van der Waals surface area contributed by atoms with E-state index in [1.807, 2.05) is 0 Å². The Kier molecular flexibility index (Phi) is 10.7. The maximum Gasteiger partial charge on any atom is 0.310 e. The van der Waals surface area contributed by atoms with Gasteiger partial charge in [0.25, 0.3) is 16.8 Å². The van der Waals surface area contributed by atoms with Crippen LogP contribution in [0.1, 0.15) is 29.8 Å². The summed E-state index contributed by atoms with van der Waals surface area (Å²) < 4.78 is 41.7. The second-order valence-corrected chi connectivity index (χ2v) is 13.7. The van der Waals surface area contributed by atoms with Crippen LogP contribution in [0.25, 0.3) is 0 Å². The summed E-state index contributed by atoms with van der Waals surface area (Å²) in [4.78, 5) is 33.8. The fraction of sp³-hybridized carbons (Fsp3) is 0.212. The molecule has 3 N–H and O–H groups in total. The predicted octanol–water partition coefficient (Wildman–Crippen LogP) is 5.38. The highest BCUT2D eigenvalue weighted by atomic mass is 35.5. The van der Waals surface area contributed by atoms with E-state index in [4.69, 9.17) is 21.1 Å². The number of esters is 1. The molecule has 0 bridgehead atoms. The molecular formula is C33H32ClN7O7S. The van der Waals surface area contributed by atoms with Gasteiger partial charge in [-0.05, 0) is 52.3 Å². The Morgan fingerprint density at radius 1 is 0.939 bits per heavy atom. The first kappa shape index (κ1) is 34.8. The molecule has 5 aromatic rings. The number of carbonyl (C=O) groups is 2. The lowest BCUT2D eigenvalue weighted by atomic mass is 9.96. The van der Waals surface area contributed by atoms with Crippen LogP contribution in [0.4, 0.5) is 23.1 Å². The van der Waals surface area contributed by atoms with Crippen LogP contribution in [0, 0.1) is 5.41 Å². The van der Waals surface area contributed by atoms with Gasteiger partial charge in [0.15, 0.2) is 5.82 Å². The van der Waals surface area contributed by atoms with E-state index in [1.54, 1.807) is 87.6 Å². The summed E-state index contributed by atoms with van der Waals surface area (Å²) in [6, 6.07) is 21.8. The molecule has 254 valence electrons.